The van der Waals surface area contributed by atoms with Gasteiger partial charge in [0.25, 0.3) is 5.91 Å². The first kappa shape index (κ1) is 15.8. The molecular weight excluding hydrogens is 290 g/mol. The summed E-state index contributed by atoms with van der Waals surface area (Å²) >= 11 is 7.55. The van der Waals surface area contributed by atoms with Crippen molar-refractivity contribution in [3.05, 3.63) is 21.4 Å². The summed E-state index contributed by atoms with van der Waals surface area (Å²) in [6, 6.07) is 2.14. The zero-order valence-corrected chi connectivity index (χ0v) is 13.9. The maximum absolute atomic E-state index is 12.6. The van der Waals surface area contributed by atoms with Gasteiger partial charge in [0, 0.05) is 23.8 Å². The molecule has 0 fully saturated rings. The zero-order chi connectivity index (χ0) is 14.4. The third-order valence-electron chi connectivity index (χ3n) is 3.88. The lowest BCUT2D eigenvalue weighted by Crippen LogP contribution is -2.33. The minimum absolute atomic E-state index is 0.178. The van der Waals surface area contributed by atoms with Crippen molar-refractivity contribution in [3.8, 4) is 0 Å². The number of carbonyl (C=O) groups excluding carboxylic acids is 1. The molecule has 0 aromatic carbocycles. The van der Waals surface area contributed by atoms with Crippen LogP contribution in [0.1, 0.15) is 59.1 Å². The van der Waals surface area contributed by atoms with Gasteiger partial charge in [0.05, 0.1) is 4.88 Å². The largest absolute Gasteiger partial charge is 0.337 e. The molecule has 1 aromatic heterocycles. The summed E-state index contributed by atoms with van der Waals surface area (Å²) in [5.74, 6) is 0.692. The number of amides is 1. The van der Waals surface area contributed by atoms with E-state index in [1.165, 1.54) is 29.7 Å². The Morgan fingerprint density at radius 3 is 2.85 bits per heavy atom. The van der Waals surface area contributed by atoms with E-state index >= 15 is 0 Å². The molecule has 1 heterocycles. The molecule has 20 heavy (non-hydrogen) atoms. The predicted molar refractivity (Wildman–Crippen MR) is 87.1 cm³/mol. The van der Waals surface area contributed by atoms with Gasteiger partial charge in [-0.05, 0) is 43.7 Å². The van der Waals surface area contributed by atoms with Crippen LogP contribution in [0.3, 0.4) is 0 Å². The van der Waals surface area contributed by atoms with E-state index in [0.29, 0.717) is 12.4 Å². The van der Waals surface area contributed by atoms with Crippen molar-refractivity contribution in [2.45, 2.75) is 51.9 Å². The van der Waals surface area contributed by atoms with Crippen molar-refractivity contribution in [3.63, 3.8) is 0 Å². The molecule has 0 saturated heterocycles. The number of aryl methyl sites for hydroxylation is 2. The number of nitrogens with zero attached hydrogens (tertiary/aromatic N) is 1. The highest BCUT2D eigenvalue weighted by atomic mass is 35.5. The number of carbonyl (C=O) groups is 1. The van der Waals surface area contributed by atoms with Gasteiger partial charge in [0.2, 0.25) is 0 Å². The van der Waals surface area contributed by atoms with Crippen molar-refractivity contribution >= 4 is 28.8 Å². The average molecular weight is 314 g/mol. The minimum Gasteiger partial charge on any atom is -0.337 e. The molecule has 112 valence electrons. The van der Waals surface area contributed by atoms with Crippen LogP contribution in [0, 0.1) is 0 Å². The summed E-state index contributed by atoms with van der Waals surface area (Å²) in [5.41, 5.74) is 1.41. The van der Waals surface area contributed by atoms with Crippen LogP contribution in [-0.2, 0) is 12.8 Å². The first-order valence-electron chi connectivity index (χ1n) is 7.73. The van der Waals surface area contributed by atoms with Gasteiger partial charge in [0.15, 0.2) is 0 Å². The molecular formula is C16H24ClNOS. The first-order valence-corrected chi connectivity index (χ1v) is 9.08. The van der Waals surface area contributed by atoms with Crippen LogP contribution in [0.4, 0.5) is 0 Å². The summed E-state index contributed by atoms with van der Waals surface area (Å²) in [5, 5.41) is 0. The molecule has 0 spiro atoms. The van der Waals surface area contributed by atoms with Crippen LogP contribution in [-0.4, -0.2) is 29.8 Å². The zero-order valence-electron chi connectivity index (χ0n) is 12.3. The van der Waals surface area contributed by atoms with Gasteiger partial charge in [-0.3, -0.25) is 4.79 Å². The highest BCUT2D eigenvalue weighted by Gasteiger charge is 2.20. The number of hydrogen-bond acceptors (Lipinski definition) is 2. The Morgan fingerprint density at radius 2 is 2.10 bits per heavy atom. The lowest BCUT2D eigenvalue weighted by molar-refractivity contribution is 0.0768. The Hall–Kier alpha value is -0.540. The van der Waals surface area contributed by atoms with Gasteiger partial charge in [-0.25, -0.2) is 0 Å². The second-order valence-corrected chi connectivity index (χ2v) is 6.97. The third-order valence-corrected chi connectivity index (χ3v) is 5.27. The lowest BCUT2D eigenvalue weighted by atomic mass is 10.1. The number of thiophene rings is 1. The third kappa shape index (κ3) is 3.98. The smallest absolute Gasteiger partial charge is 0.263 e. The molecule has 0 N–H and O–H groups in total. The second kappa shape index (κ2) is 8.04. The molecule has 0 bridgehead atoms. The van der Waals surface area contributed by atoms with E-state index in [4.69, 9.17) is 11.6 Å². The van der Waals surface area contributed by atoms with E-state index in [9.17, 15) is 4.79 Å². The van der Waals surface area contributed by atoms with Crippen LogP contribution in [0.15, 0.2) is 6.07 Å². The summed E-state index contributed by atoms with van der Waals surface area (Å²) in [4.78, 5) is 16.9. The molecule has 1 aromatic rings. The van der Waals surface area contributed by atoms with E-state index in [-0.39, 0.29) is 5.91 Å². The molecule has 0 saturated carbocycles. The van der Waals surface area contributed by atoms with Crippen molar-refractivity contribution in [2.24, 2.45) is 0 Å². The molecule has 0 atom stereocenters. The van der Waals surface area contributed by atoms with Crippen LogP contribution < -0.4 is 0 Å². The number of hydrogen-bond donors (Lipinski definition) is 0. The quantitative estimate of drug-likeness (QED) is 0.559. The van der Waals surface area contributed by atoms with Gasteiger partial charge in [-0.2, -0.15) is 0 Å². The van der Waals surface area contributed by atoms with Crippen LogP contribution >= 0.6 is 22.9 Å². The van der Waals surface area contributed by atoms with Gasteiger partial charge < -0.3 is 4.90 Å². The van der Waals surface area contributed by atoms with Gasteiger partial charge in [-0.15, -0.1) is 22.9 Å². The maximum atomic E-state index is 12.6. The normalized spacial score (nSPS) is 14.7. The van der Waals surface area contributed by atoms with Gasteiger partial charge in [0.1, 0.15) is 0 Å². The Morgan fingerprint density at radius 1 is 1.30 bits per heavy atom. The molecule has 2 rings (SSSR count). The molecule has 2 nitrogen and oxygen atoms in total. The highest BCUT2D eigenvalue weighted by Crippen LogP contribution is 2.29. The maximum Gasteiger partial charge on any atom is 0.263 e. The van der Waals surface area contributed by atoms with Crippen molar-refractivity contribution in [1.29, 1.82) is 0 Å². The predicted octanol–water partition coefficient (Wildman–Crippen LogP) is 4.50. The summed E-state index contributed by atoms with van der Waals surface area (Å²) < 4.78 is 0. The van der Waals surface area contributed by atoms with Crippen LogP contribution in [0.5, 0.6) is 0 Å². The van der Waals surface area contributed by atoms with Crippen LogP contribution in [0.2, 0.25) is 0 Å². The molecule has 0 radical (unpaired) electrons. The highest BCUT2D eigenvalue weighted by molar-refractivity contribution is 7.14. The molecule has 0 aliphatic heterocycles. The van der Waals surface area contributed by atoms with Crippen molar-refractivity contribution in [2.75, 3.05) is 19.0 Å². The summed E-state index contributed by atoms with van der Waals surface area (Å²) in [6.45, 7) is 3.63. The minimum atomic E-state index is 0.178. The fourth-order valence-corrected chi connectivity index (χ4v) is 4.12. The molecule has 1 aliphatic carbocycles. The fraction of sp³-hybridized carbons (Fsp3) is 0.688. The van der Waals surface area contributed by atoms with Gasteiger partial charge in [-0.1, -0.05) is 19.8 Å². The standard InChI is InChI=1S/C16H24ClNOS/c1-2-3-10-18(11-9-17)16(19)15-12-13-7-5-4-6-8-14(13)20-15/h12H,2-11H2,1H3. The summed E-state index contributed by atoms with van der Waals surface area (Å²) in [6.07, 6.45) is 8.29. The van der Waals surface area contributed by atoms with Crippen LogP contribution in [0.25, 0.3) is 0 Å². The Labute approximate surface area is 131 Å². The lowest BCUT2D eigenvalue weighted by Gasteiger charge is -2.20. The average Bonchev–Trinajstić information content (AvgIpc) is 2.74. The van der Waals surface area contributed by atoms with Crippen molar-refractivity contribution in [1.82, 2.24) is 4.90 Å². The Bertz CT molecular complexity index is 420. The Balaban J connectivity index is 2.10. The summed E-state index contributed by atoms with van der Waals surface area (Å²) in [7, 11) is 0. The fourth-order valence-electron chi connectivity index (χ4n) is 2.69. The van der Waals surface area contributed by atoms with E-state index in [2.05, 4.69) is 13.0 Å². The van der Waals surface area contributed by atoms with E-state index < -0.39 is 0 Å². The number of unbranched alkanes of at least 4 members (excludes halogenated alkanes) is 1. The Kier molecular flexibility index (Phi) is 6.37. The molecule has 4 heteroatoms. The molecule has 0 unspecified atom stereocenters. The molecule has 1 amide bonds. The topological polar surface area (TPSA) is 20.3 Å². The SMILES string of the molecule is CCCCN(CCCl)C(=O)c1cc2c(s1)CCCCC2. The second-order valence-electron chi connectivity index (χ2n) is 5.45. The number of alkyl halides is 1. The monoisotopic (exact) mass is 313 g/mol. The molecule has 1 aliphatic rings. The van der Waals surface area contributed by atoms with E-state index in [0.717, 1.165) is 37.1 Å². The van der Waals surface area contributed by atoms with Crippen molar-refractivity contribution < 1.29 is 4.79 Å². The van der Waals surface area contributed by atoms with E-state index in [1.54, 1.807) is 11.3 Å². The van der Waals surface area contributed by atoms with Gasteiger partial charge >= 0.3 is 0 Å². The first-order chi connectivity index (χ1) is 9.76. The number of halogens is 1. The van der Waals surface area contributed by atoms with E-state index in [1.807, 2.05) is 4.90 Å². The number of fused-ring (bicyclic) bond motifs is 1. The number of rotatable bonds is 6.